The predicted octanol–water partition coefficient (Wildman–Crippen LogP) is 10.3. The van der Waals surface area contributed by atoms with Gasteiger partial charge in [0.25, 0.3) is 0 Å². The lowest BCUT2D eigenvalue weighted by Crippen LogP contribution is -2.18. The number of allylic oxidation sites excluding steroid dienone is 4. The summed E-state index contributed by atoms with van der Waals surface area (Å²) in [5.41, 5.74) is 13.5. The summed E-state index contributed by atoms with van der Waals surface area (Å²) < 4.78 is 4.95. The maximum Gasteiger partial charge on any atom is 0.0541 e. The third-order valence-corrected chi connectivity index (χ3v) is 9.65. The normalized spacial score (nSPS) is 16.1. The van der Waals surface area contributed by atoms with Gasteiger partial charge in [-0.2, -0.15) is 0 Å². The lowest BCUT2D eigenvalue weighted by Gasteiger charge is -2.27. The molecule has 0 radical (unpaired) electrons. The van der Waals surface area contributed by atoms with Crippen LogP contribution in [0.5, 0.6) is 0 Å². The van der Waals surface area contributed by atoms with Gasteiger partial charge in [0.2, 0.25) is 0 Å². The van der Waals surface area contributed by atoms with Crippen molar-refractivity contribution in [2.45, 2.75) is 32.1 Å². The Balaban J connectivity index is 1.22. The molecule has 2 aromatic heterocycles. The molecule has 0 amide bonds. The summed E-state index contributed by atoms with van der Waals surface area (Å²) in [5.74, 6) is 0. The smallest absolute Gasteiger partial charge is 0.0541 e. The van der Waals surface area contributed by atoms with Crippen LogP contribution in [0.25, 0.3) is 60.6 Å². The van der Waals surface area contributed by atoms with Crippen LogP contribution in [0.2, 0.25) is 0 Å². The van der Waals surface area contributed by atoms with E-state index in [4.69, 9.17) is 0 Å². The van der Waals surface area contributed by atoms with E-state index < -0.39 is 0 Å². The molecule has 0 atom stereocenters. The Morgan fingerprint density at radius 1 is 0.537 bits per heavy atom. The average molecular weight is 527 g/mol. The van der Waals surface area contributed by atoms with E-state index in [0.29, 0.717) is 0 Å². The summed E-state index contributed by atoms with van der Waals surface area (Å²) >= 11 is 0. The van der Waals surface area contributed by atoms with Crippen molar-refractivity contribution in [3.63, 3.8) is 0 Å². The van der Waals surface area contributed by atoms with E-state index in [2.05, 4.69) is 144 Å². The topological polar surface area (TPSA) is 9.86 Å². The van der Waals surface area contributed by atoms with Gasteiger partial charge >= 0.3 is 0 Å². The van der Waals surface area contributed by atoms with Crippen molar-refractivity contribution in [1.82, 2.24) is 9.13 Å². The van der Waals surface area contributed by atoms with Gasteiger partial charge in [-0.25, -0.2) is 0 Å². The number of para-hydroxylation sites is 4. The van der Waals surface area contributed by atoms with Crippen LogP contribution in [0.15, 0.2) is 127 Å². The first-order valence-corrected chi connectivity index (χ1v) is 14.7. The van der Waals surface area contributed by atoms with E-state index in [-0.39, 0.29) is 5.41 Å². The highest BCUT2D eigenvalue weighted by Gasteiger charge is 2.39. The fourth-order valence-electron chi connectivity index (χ4n) is 7.76. The second kappa shape index (κ2) is 8.11. The highest BCUT2D eigenvalue weighted by molar-refractivity contribution is 6.11. The van der Waals surface area contributed by atoms with Gasteiger partial charge in [0.1, 0.15) is 0 Å². The Hall–Kier alpha value is -4.82. The molecule has 7 aromatic rings. The average Bonchev–Trinajstić information content (AvgIpc) is 3.61. The molecule has 0 saturated carbocycles. The quantitative estimate of drug-likeness (QED) is 0.212. The zero-order chi connectivity index (χ0) is 27.3. The van der Waals surface area contributed by atoms with Crippen LogP contribution in [-0.4, -0.2) is 9.13 Å². The molecule has 0 unspecified atom stereocenters. The van der Waals surface area contributed by atoms with Gasteiger partial charge in [-0.3, -0.25) is 0 Å². The summed E-state index contributed by atoms with van der Waals surface area (Å²) in [6.07, 6.45) is 4.61. The molecular formula is C39H30N2. The third-order valence-electron chi connectivity index (χ3n) is 9.65. The van der Waals surface area contributed by atoms with Crippen molar-refractivity contribution in [3.05, 3.63) is 138 Å². The monoisotopic (exact) mass is 526 g/mol. The Bertz CT molecular complexity index is 2180. The molecule has 9 rings (SSSR count). The molecule has 0 fully saturated rings. The SMILES string of the molecule is CC1(C)C2=C(CCC(n3c4ccccc4c4ccccc43)=C2)c2ccc(-n3c4ccccc4c4ccccc43)cc21. The van der Waals surface area contributed by atoms with Crippen molar-refractivity contribution in [2.24, 2.45) is 0 Å². The lowest BCUT2D eigenvalue weighted by atomic mass is 9.79. The van der Waals surface area contributed by atoms with Gasteiger partial charge in [-0.05, 0) is 77.6 Å². The van der Waals surface area contributed by atoms with Crippen LogP contribution in [-0.2, 0) is 5.41 Å². The van der Waals surface area contributed by atoms with Gasteiger partial charge in [0, 0.05) is 38.3 Å². The minimum Gasteiger partial charge on any atom is -0.313 e. The lowest BCUT2D eigenvalue weighted by molar-refractivity contribution is 0.650. The molecule has 2 aliphatic rings. The van der Waals surface area contributed by atoms with Crippen molar-refractivity contribution in [3.8, 4) is 5.69 Å². The minimum atomic E-state index is -0.0795. The minimum absolute atomic E-state index is 0.0795. The molecule has 0 N–H and O–H groups in total. The van der Waals surface area contributed by atoms with Gasteiger partial charge in [-0.15, -0.1) is 0 Å². The van der Waals surface area contributed by atoms with Gasteiger partial charge in [0.05, 0.1) is 22.1 Å². The van der Waals surface area contributed by atoms with E-state index in [1.54, 1.807) is 0 Å². The zero-order valence-electron chi connectivity index (χ0n) is 23.4. The molecule has 0 saturated heterocycles. The summed E-state index contributed by atoms with van der Waals surface area (Å²) in [6.45, 7) is 4.82. The first-order chi connectivity index (χ1) is 20.1. The fraction of sp³-hybridized carbons (Fsp3) is 0.128. The summed E-state index contributed by atoms with van der Waals surface area (Å²) in [7, 11) is 0. The van der Waals surface area contributed by atoms with Crippen molar-refractivity contribution >= 4 is 54.9 Å². The molecule has 41 heavy (non-hydrogen) atoms. The number of aromatic nitrogens is 2. The van der Waals surface area contributed by atoms with Crippen LogP contribution in [0.1, 0.15) is 37.8 Å². The number of fused-ring (bicyclic) bond motifs is 8. The van der Waals surface area contributed by atoms with Crippen LogP contribution in [0, 0.1) is 0 Å². The van der Waals surface area contributed by atoms with Crippen molar-refractivity contribution in [2.75, 3.05) is 0 Å². The second-order valence-corrected chi connectivity index (χ2v) is 12.1. The number of rotatable bonds is 2. The molecule has 2 heterocycles. The molecule has 0 aliphatic heterocycles. The van der Waals surface area contributed by atoms with Crippen LogP contribution in [0.4, 0.5) is 0 Å². The second-order valence-electron chi connectivity index (χ2n) is 12.1. The summed E-state index contributed by atoms with van der Waals surface area (Å²) in [6, 6.07) is 42.4. The number of hydrogen-bond acceptors (Lipinski definition) is 0. The summed E-state index contributed by atoms with van der Waals surface area (Å²) in [4.78, 5) is 0. The largest absolute Gasteiger partial charge is 0.313 e. The molecule has 2 heteroatoms. The van der Waals surface area contributed by atoms with Crippen LogP contribution in [0.3, 0.4) is 0 Å². The number of hydrogen-bond donors (Lipinski definition) is 0. The molecule has 2 aliphatic carbocycles. The summed E-state index contributed by atoms with van der Waals surface area (Å²) in [5, 5.41) is 5.26. The maximum absolute atomic E-state index is 2.51. The molecule has 5 aromatic carbocycles. The third kappa shape index (κ3) is 3.02. The van der Waals surface area contributed by atoms with Crippen molar-refractivity contribution in [1.29, 1.82) is 0 Å². The van der Waals surface area contributed by atoms with E-state index in [1.807, 2.05) is 0 Å². The Kier molecular flexibility index (Phi) is 4.54. The van der Waals surface area contributed by atoms with Gasteiger partial charge in [-0.1, -0.05) is 92.7 Å². The Labute approximate surface area is 239 Å². The van der Waals surface area contributed by atoms with Crippen LogP contribution < -0.4 is 0 Å². The zero-order valence-corrected chi connectivity index (χ0v) is 23.4. The Morgan fingerprint density at radius 3 is 1.56 bits per heavy atom. The fourth-order valence-corrected chi connectivity index (χ4v) is 7.76. The molecule has 0 bridgehead atoms. The molecule has 2 nitrogen and oxygen atoms in total. The maximum atomic E-state index is 2.51. The van der Waals surface area contributed by atoms with Gasteiger partial charge < -0.3 is 9.13 Å². The number of benzene rings is 5. The predicted molar refractivity (Wildman–Crippen MR) is 174 cm³/mol. The molecular weight excluding hydrogens is 496 g/mol. The Morgan fingerprint density at radius 2 is 1.02 bits per heavy atom. The first-order valence-electron chi connectivity index (χ1n) is 14.7. The standard InChI is InChI=1S/C39H30N2/c1-39(2)33-23-25(40-35-15-7-3-11-29(35)30-12-4-8-16-36(30)40)19-21-27(33)28-22-20-26(24-34(28)39)41-37-17-9-5-13-31(37)32-14-6-10-18-38(32)41/h3-19,21,23-24H,20,22H2,1-2H3. The first kappa shape index (κ1) is 22.9. The van der Waals surface area contributed by atoms with E-state index >= 15 is 0 Å². The van der Waals surface area contributed by atoms with Gasteiger partial charge in [0.15, 0.2) is 0 Å². The highest BCUT2D eigenvalue weighted by Crippen LogP contribution is 2.52. The van der Waals surface area contributed by atoms with E-state index in [9.17, 15) is 0 Å². The van der Waals surface area contributed by atoms with E-state index in [0.717, 1.165) is 12.8 Å². The highest BCUT2D eigenvalue weighted by atomic mass is 15.0. The van der Waals surface area contributed by atoms with Crippen LogP contribution >= 0.6 is 0 Å². The van der Waals surface area contributed by atoms with E-state index in [1.165, 1.54) is 77.3 Å². The molecule has 0 spiro atoms. The van der Waals surface area contributed by atoms with Crippen molar-refractivity contribution < 1.29 is 0 Å². The number of nitrogens with zero attached hydrogens (tertiary/aromatic N) is 2. The molecule has 196 valence electrons.